The molecular formula is C28H27ClN4. The Bertz CT molecular complexity index is 1350. The summed E-state index contributed by atoms with van der Waals surface area (Å²) in [6, 6.07) is 21.1. The molecule has 2 aromatic carbocycles. The number of hydrogen-bond donors (Lipinski definition) is 1. The zero-order valence-corrected chi connectivity index (χ0v) is 19.9. The molecule has 6 rings (SSSR count). The van der Waals surface area contributed by atoms with E-state index in [1.165, 1.54) is 18.4 Å². The topological polar surface area (TPSA) is 42.7 Å². The fraction of sp³-hybridized carbons (Fsp3) is 0.286. The predicted octanol–water partition coefficient (Wildman–Crippen LogP) is 7.85. The highest BCUT2D eigenvalue weighted by molar-refractivity contribution is 6.32. The van der Waals surface area contributed by atoms with Gasteiger partial charge in [-0.15, -0.1) is 0 Å². The maximum atomic E-state index is 6.81. The Morgan fingerprint density at radius 1 is 0.970 bits per heavy atom. The normalized spacial score (nSPS) is 18.9. The Labute approximate surface area is 199 Å². The van der Waals surface area contributed by atoms with Gasteiger partial charge in [-0.25, -0.2) is 9.97 Å². The minimum Gasteiger partial charge on any atom is -0.338 e. The second kappa shape index (κ2) is 7.46. The number of rotatable bonds is 2. The standard InChI is InChI=1S/C28H27ClN4/c1-28(2,3)21-15-14-19(21)17-10-12-18(13-11-17)24-25(29)32-27-20-7-4-5-8-22(20)31-26-23(33(24)27)9-6-16-30-26/h4-13,16,19,21H,14-15H2,1-3H3,(H,30,31). The van der Waals surface area contributed by atoms with E-state index in [0.29, 0.717) is 16.5 Å². The molecule has 0 bridgehead atoms. The van der Waals surface area contributed by atoms with Crippen molar-refractivity contribution in [2.45, 2.75) is 39.5 Å². The van der Waals surface area contributed by atoms with Gasteiger partial charge < -0.3 is 5.32 Å². The number of hydrogen-bond acceptors (Lipinski definition) is 3. The van der Waals surface area contributed by atoms with Crippen molar-refractivity contribution in [1.29, 1.82) is 0 Å². The average Bonchev–Trinajstić information content (AvgIpc) is 3.03. The van der Waals surface area contributed by atoms with Crippen LogP contribution in [0, 0.1) is 11.3 Å². The third-order valence-corrected chi connectivity index (χ3v) is 7.55. The largest absolute Gasteiger partial charge is 0.338 e. The van der Waals surface area contributed by atoms with Crippen LogP contribution >= 0.6 is 11.6 Å². The van der Waals surface area contributed by atoms with E-state index in [1.54, 1.807) is 6.20 Å². The fourth-order valence-corrected chi connectivity index (χ4v) is 5.74. The second-order valence-corrected chi connectivity index (χ2v) is 10.6. The van der Waals surface area contributed by atoms with Crippen molar-refractivity contribution in [2.75, 3.05) is 5.32 Å². The summed E-state index contributed by atoms with van der Waals surface area (Å²) in [7, 11) is 0. The summed E-state index contributed by atoms with van der Waals surface area (Å²) in [5, 5.41) is 3.98. The van der Waals surface area contributed by atoms with Gasteiger partial charge in [0.05, 0.1) is 17.1 Å². The van der Waals surface area contributed by atoms with Crippen LogP contribution in [0.3, 0.4) is 0 Å². The van der Waals surface area contributed by atoms with Gasteiger partial charge in [0.25, 0.3) is 0 Å². The molecule has 166 valence electrons. The molecule has 0 radical (unpaired) electrons. The Morgan fingerprint density at radius 2 is 1.76 bits per heavy atom. The molecule has 0 spiro atoms. The summed E-state index contributed by atoms with van der Waals surface area (Å²) in [4.78, 5) is 9.42. The molecule has 3 heterocycles. The number of nitrogens with zero attached hydrogens (tertiary/aromatic N) is 3. The van der Waals surface area contributed by atoms with Gasteiger partial charge in [0.2, 0.25) is 0 Å². The van der Waals surface area contributed by atoms with E-state index in [2.05, 4.69) is 72.0 Å². The summed E-state index contributed by atoms with van der Waals surface area (Å²) in [5.74, 6) is 2.98. The van der Waals surface area contributed by atoms with E-state index < -0.39 is 0 Å². The Balaban J connectivity index is 1.48. The number of para-hydroxylation sites is 1. The third kappa shape index (κ3) is 3.27. The summed E-state index contributed by atoms with van der Waals surface area (Å²) < 4.78 is 2.14. The average molecular weight is 455 g/mol. The molecule has 1 fully saturated rings. The van der Waals surface area contributed by atoms with Crippen molar-refractivity contribution >= 4 is 23.1 Å². The van der Waals surface area contributed by atoms with Gasteiger partial charge in [0, 0.05) is 17.3 Å². The minimum atomic E-state index is 0.338. The van der Waals surface area contributed by atoms with E-state index in [4.69, 9.17) is 16.6 Å². The molecule has 2 aliphatic rings. The summed E-state index contributed by atoms with van der Waals surface area (Å²) in [5.41, 5.74) is 6.63. The predicted molar refractivity (Wildman–Crippen MR) is 135 cm³/mol. The van der Waals surface area contributed by atoms with Crippen LogP contribution in [0.1, 0.15) is 45.1 Å². The smallest absolute Gasteiger partial charge is 0.156 e. The van der Waals surface area contributed by atoms with Crippen LogP contribution in [0.4, 0.5) is 11.5 Å². The molecule has 0 amide bonds. The Kier molecular flexibility index (Phi) is 4.63. The molecule has 4 nitrogen and oxygen atoms in total. The molecule has 5 heteroatoms. The maximum Gasteiger partial charge on any atom is 0.156 e. The maximum absolute atomic E-state index is 6.81. The first-order valence-corrected chi connectivity index (χ1v) is 12.0. The van der Waals surface area contributed by atoms with Gasteiger partial charge in [0.15, 0.2) is 11.0 Å². The van der Waals surface area contributed by atoms with Crippen LogP contribution in [0.2, 0.25) is 5.15 Å². The molecule has 1 aliphatic heterocycles. The van der Waals surface area contributed by atoms with Gasteiger partial charge >= 0.3 is 0 Å². The highest BCUT2D eigenvalue weighted by atomic mass is 35.5. The number of aromatic nitrogens is 3. The molecule has 1 aliphatic carbocycles. The zero-order chi connectivity index (χ0) is 22.7. The van der Waals surface area contributed by atoms with Crippen LogP contribution in [-0.4, -0.2) is 14.5 Å². The highest BCUT2D eigenvalue weighted by Gasteiger charge is 2.39. The minimum absolute atomic E-state index is 0.338. The lowest BCUT2D eigenvalue weighted by atomic mass is 9.59. The van der Waals surface area contributed by atoms with E-state index in [9.17, 15) is 0 Å². The van der Waals surface area contributed by atoms with Gasteiger partial charge in [-0.2, -0.15) is 0 Å². The van der Waals surface area contributed by atoms with Crippen LogP contribution in [-0.2, 0) is 0 Å². The van der Waals surface area contributed by atoms with Gasteiger partial charge in [-0.1, -0.05) is 68.8 Å². The van der Waals surface area contributed by atoms with Gasteiger partial charge in [0.1, 0.15) is 5.82 Å². The third-order valence-electron chi connectivity index (χ3n) is 7.28. The lowest BCUT2D eigenvalue weighted by molar-refractivity contribution is 0.106. The Morgan fingerprint density at radius 3 is 2.48 bits per heavy atom. The van der Waals surface area contributed by atoms with E-state index >= 15 is 0 Å². The highest BCUT2D eigenvalue weighted by Crippen LogP contribution is 2.52. The second-order valence-electron chi connectivity index (χ2n) is 10.2. The van der Waals surface area contributed by atoms with E-state index in [1.807, 2.05) is 24.3 Å². The number of imidazole rings is 1. The molecule has 4 aromatic rings. The number of benzene rings is 2. The van der Waals surface area contributed by atoms with E-state index in [0.717, 1.165) is 45.8 Å². The fourth-order valence-electron chi connectivity index (χ4n) is 5.47. The monoisotopic (exact) mass is 454 g/mol. The van der Waals surface area contributed by atoms with Crippen molar-refractivity contribution in [3.63, 3.8) is 0 Å². The summed E-state index contributed by atoms with van der Waals surface area (Å²) >= 11 is 6.81. The van der Waals surface area contributed by atoms with Crippen LogP contribution in [0.5, 0.6) is 0 Å². The molecule has 33 heavy (non-hydrogen) atoms. The van der Waals surface area contributed by atoms with Crippen LogP contribution < -0.4 is 5.32 Å². The van der Waals surface area contributed by atoms with Crippen molar-refractivity contribution in [3.8, 4) is 28.3 Å². The van der Waals surface area contributed by atoms with Gasteiger partial charge in [-0.3, -0.25) is 4.57 Å². The number of nitrogens with one attached hydrogen (secondary N) is 1. The molecular weight excluding hydrogens is 428 g/mol. The first kappa shape index (κ1) is 20.5. The van der Waals surface area contributed by atoms with Crippen molar-refractivity contribution in [2.24, 2.45) is 11.3 Å². The number of anilines is 2. The van der Waals surface area contributed by atoms with Crippen LogP contribution in [0.15, 0.2) is 66.9 Å². The summed E-state index contributed by atoms with van der Waals surface area (Å²) in [6.07, 6.45) is 4.39. The zero-order valence-electron chi connectivity index (χ0n) is 19.1. The number of pyridine rings is 1. The first-order chi connectivity index (χ1) is 15.9. The first-order valence-electron chi connectivity index (χ1n) is 11.6. The molecule has 1 N–H and O–H groups in total. The van der Waals surface area contributed by atoms with E-state index in [-0.39, 0.29) is 0 Å². The molecule has 0 saturated heterocycles. The molecule has 2 aromatic heterocycles. The van der Waals surface area contributed by atoms with Crippen molar-refractivity contribution < 1.29 is 0 Å². The van der Waals surface area contributed by atoms with Gasteiger partial charge in [-0.05, 0) is 59.9 Å². The lowest BCUT2D eigenvalue weighted by Gasteiger charge is -2.45. The number of halogens is 1. The van der Waals surface area contributed by atoms with Crippen molar-refractivity contribution in [3.05, 3.63) is 77.6 Å². The molecule has 2 atom stereocenters. The summed E-state index contributed by atoms with van der Waals surface area (Å²) in [6.45, 7) is 7.07. The van der Waals surface area contributed by atoms with Crippen LogP contribution in [0.25, 0.3) is 28.3 Å². The Hall–Kier alpha value is -3.11. The quantitative estimate of drug-likeness (QED) is 0.295. The lowest BCUT2D eigenvalue weighted by Crippen LogP contribution is -2.34. The molecule has 1 saturated carbocycles. The number of fused-ring (bicyclic) bond motifs is 5. The van der Waals surface area contributed by atoms with Crippen molar-refractivity contribution in [1.82, 2.24) is 14.5 Å². The molecule has 2 unspecified atom stereocenters. The SMILES string of the molecule is CC(C)(C)C1CCC1c1ccc(-c2c(Cl)nc3n2-c2cccnc2Nc2ccccc2-3)cc1.